The number of benzene rings is 1. The number of Topliss-reactive ketones (excluding diaryl/α,β-unsaturated/α-hetero) is 1. The summed E-state index contributed by atoms with van der Waals surface area (Å²) in [6.45, 7) is 1.74. The number of hydrogen-bond acceptors (Lipinski definition) is 5. The Labute approximate surface area is 183 Å². The number of ether oxygens (including phenoxy) is 1. The van der Waals surface area contributed by atoms with Gasteiger partial charge in [0.1, 0.15) is 6.61 Å². The van der Waals surface area contributed by atoms with Gasteiger partial charge in [0, 0.05) is 19.0 Å². The maximum absolute atomic E-state index is 12.8. The van der Waals surface area contributed by atoms with Crippen molar-refractivity contribution in [3.05, 3.63) is 35.9 Å². The van der Waals surface area contributed by atoms with Crippen LogP contribution in [0.5, 0.6) is 0 Å². The van der Waals surface area contributed by atoms with Crippen molar-refractivity contribution in [2.45, 2.75) is 50.8 Å². The van der Waals surface area contributed by atoms with E-state index in [-0.39, 0.29) is 48.6 Å². The second kappa shape index (κ2) is 9.90. The van der Waals surface area contributed by atoms with E-state index in [0.29, 0.717) is 31.4 Å². The van der Waals surface area contributed by atoms with E-state index >= 15 is 0 Å². The standard InChI is InChI=1S/C22H29N3O4.ClH/c26-19(13-29-12-15-4-2-1-3-5-15)17(10-16-6-9-23-20(16)27)25-21(28)18-11-22(7-8-22)14-24-18;/h1-5,16-18,24H,6-14H2,(H,23,27)(H,25,28);1H/t16-,17-,18-;/m0./s1. The molecule has 0 aromatic heterocycles. The van der Waals surface area contributed by atoms with E-state index in [9.17, 15) is 14.4 Å². The van der Waals surface area contributed by atoms with Crippen LogP contribution in [-0.2, 0) is 25.7 Å². The number of carbonyl (C=O) groups excluding carboxylic acids is 3. The van der Waals surface area contributed by atoms with Crippen LogP contribution in [0.25, 0.3) is 0 Å². The van der Waals surface area contributed by atoms with Gasteiger partial charge in [-0.15, -0.1) is 12.4 Å². The number of rotatable bonds is 9. The van der Waals surface area contributed by atoms with Crippen LogP contribution in [0.15, 0.2) is 30.3 Å². The van der Waals surface area contributed by atoms with Gasteiger partial charge in [0.2, 0.25) is 11.8 Å². The lowest BCUT2D eigenvalue weighted by Gasteiger charge is -2.22. The highest BCUT2D eigenvalue weighted by molar-refractivity contribution is 5.92. The Balaban J connectivity index is 0.00000256. The zero-order chi connectivity index (χ0) is 20.3. The van der Waals surface area contributed by atoms with E-state index in [1.54, 1.807) is 0 Å². The van der Waals surface area contributed by atoms with Gasteiger partial charge in [0.15, 0.2) is 5.78 Å². The third-order valence-electron chi connectivity index (χ3n) is 6.38. The van der Waals surface area contributed by atoms with E-state index in [0.717, 1.165) is 18.5 Å². The topological polar surface area (TPSA) is 96.5 Å². The maximum atomic E-state index is 12.8. The van der Waals surface area contributed by atoms with Crippen molar-refractivity contribution in [3.63, 3.8) is 0 Å². The van der Waals surface area contributed by atoms with Crippen LogP contribution < -0.4 is 16.0 Å². The van der Waals surface area contributed by atoms with Gasteiger partial charge in [-0.3, -0.25) is 14.4 Å². The lowest BCUT2D eigenvalue weighted by molar-refractivity contribution is -0.132. The molecule has 0 unspecified atom stereocenters. The second-order valence-corrected chi connectivity index (χ2v) is 8.66. The summed E-state index contributed by atoms with van der Waals surface area (Å²) >= 11 is 0. The van der Waals surface area contributed by atoms with Crippen molar-refractivity contribution >= 4 is 30.0 Å². The minimum Gasteiger partial charge on any atom is -0.369 e. The number of halogens is 1. The molecular formula is C22H30ClN3O4. The molecule has 1 aliphatic carbocycles. The van der Waals surface area contributed by atoms with E-state index in [2.05, 4.69) is 16.0 Å². The number of ketones is 1. The third-order valence-corrected chi connectivity index (χ3v) is 6.38. The summed E-state index contributed by atoms with van der Waals surface area (Å²) in [5, 5.41) is 9.00. The van der Waals surface area contributed by atoms with Crippen LogP contribution in [0.2, 0.25) is 0 Å². The molecule has 8 heteroatoms. The largest absolute Gasteiger partial charge is 0.369 e. The van der Waals surface area contributed by atoms with E-state index in [1.165, 1.54) is 12.8 Å². The first-order valence-electron chi connectivity index (χ1n) is 10.5. The maximum Gasteiger partial charge on any atom is 0.237 e. The van der Waals surface area contributed by atoms with Crippen LogP contribution in [0.3, 0.4) is 0 Å². The van der Waals surface area contributed by atoms with Crippen LogP contribution >= 0.6 is 12.4 Å². The van der Waals surface area contributed by atoms with Crippen molar-refractivity contribution in [1.29, 1.82) is 0 Å². The highest BCUT2D eigenvalue weighted by atomic mass is 35.5. The molecule has 1 aromatic carbocycles. The Hall–Kier alpha value is -1.96. The molecule has 3 N–H and O–H groups in total. The molecule has 164 valence electrons. The van der Waals surface area contributed by atoms with E-state index in [1.807, 2.05) is 30.3 Å². The molecule has 3 aliphatic rings. The minimum absolute atomic E-state index is 0. The number of nitrogens with one attached hydrogen (secondary N) is 3. The fourth-order valence-corrected chi connectivity index (χ4v) is 4.30. The summed E-state index contributed by atoms with van der Waals surface area (Å²) in [5.41, 5.74) is 1.28. The summed E-state index contributed by atoms with van der Waals surface area (Å²) in [6.07, 6.45) is 4.18. The molecule has 2 aliphatic heterocycles. The first-order chi connectivity index (χ1) is 14.0. The molecule has 2 heterocycles. The van der Waals surface area contributed by atoms with Gasteiger partial charge in [0.05, 0.1) is 18.7 Å². The number of hydrogen-bond donors (Lipinski definition) is 3. The third kappa shape index (κ3) is 5.59. The van der Waals surface area contributed by atoms with Gasteiger partial charge < -0.3 is 20.7 Å². The van der Waals surface area contributed by atoms with Crippen molar-refractivity contribution < 1.29 is 19.1 Å². The normalized spacial score (nSPS) is 24.7. The van der Waals surface area contributed by atoms with Crippen molar-refractivity contribution in [1.82, 2.24) is 16.0 Å². The predicted molar refractivity (Wildman–Crippen MR) is 114 cm³/mol. The molecule has 3 atom stereocenters. The number of amides is 2. The van der Waals surface area contributed by atoms with E-state index < -0.39 is 6.04 Å². The Bertz CT molecular complexity index is 769. The lowest BCUT2D eigenvalue weighted by atomic mass is 9.95. The Morgan fingerprint density at radius 1 is 1.23 bits per heavy atom. The molecule has 0 radical (unpaired) electrons. The minimum atomic E-state index is -0.704. The molecular weight excluding hydrogens is 406 g/mol. The fraction of sp³-hybridized carbons (Fsp3) is 0.591. The Kier molecular flexibility index (Phi) is 7.50. The molecule has 1 aromatic rings. The smallest absolute Gasteiger partial charge is 0.237 e. The SMILES string of the molecule is Cl.O=C1NCC[C@H]1C[C@H](NC(=O)[C@@H]1CC2(CC2)CN1)C(=O)COCc1ccccc1. The number of carbonyl (C=O) groups is 3. The second-order valence-electron chi connectivity index (χ2n) is 8.66. The molecule has 3 fully saturated rings. The molecule has 4 rings (SSSR count). The summed E-state index contributed by atoms with van der Waals surface area (Å²) < 4.78 is 5.59. The zero-order valence-corrected chi connectivity index (χ0v) is 17.8. The quantitative estimate of drug-likeness (QED) is 0.544. The zero-order valence-electron chi connectivity index (χ0n) is 17.0. The molecule has 0 bridgehead atoms. The molecule has 2 amide bonds. The van der Waals surface area contributed by atoms with E-state index in [4.69, 9.17) is 4.74 Å². The van der Waals surface area contributed by atoms with Crippen LogP contribution in [0.1, 0.15) is 37.7 Å². The average Bonchev–Trinajstić information content (AvgIpc) is 3.15. The van der Waals surface area contributed by atoms with Gasteiger partial charge in [0.25, 0.3) is 0 Å². The van der Waals surface area contributed by atoms with Gasteiger partial charge >= 0.3 is 0 Å². The molecule has 1 saturated carbocycles. The highest BCUT2D eigenvalue weighted by Crippen LogP contribution is 2.51. The van der Waals surface area contributed by atoms with Crippen LogP contribution in [-0.4, -0.2) is 49.4 Å². The van der Waals surface area contributed by atoms with Crippen LogP contribution in [0.4, 0.5) is 0 Å². The first-order valence-corrected chi connectivity index (χ1v) is 10.5. The van der Waals surface area contributed by atoms with Crippen molar-refractivity contribution in [3.8, 4) is 0 Å². The average molecular weight is 436 g/mol. The summed E-state index contributed by atoms with van der Waals surface area (Å²) in [6, 6.07) is 8.68. The molecule has 2 saturated heterocycles. The van der Waals surface area contributed by atoms with Crippen molar-refractivity contribution in [2.24, 2.45) is 11.3 Å². The summed E-state index contributed by atoms with van der Waals surface area (Å²) in [4.78, 5) is 37.6. The molecule has 7 nitrogen and oxygen atoms in total. The first kappa shape index (κ1) is 22.7. The van der Waals surface area contributed by atoms with Gasteiger partial charge in [-0.1, -0.05) is 30.3 Å². The molecule has 30 heavy (non-hydrogen) atoms. The predicted octanol–water partition coefficient (Wildman–Crippen LogP) is 1.35. The van der Waals surface area contributed by atoms with Crippen molar-refractivity contribution in [2.75, 3.05) is 19.7 Å². The molecule has 1 spiro atoms. The monoisotopic (exact) mass is 435 g/mol. The highest BCUT2D eigenvalue weighted by Gasteiger charge is 2.50. The van der Waals surface area contributed by atoms with Gasteiger partial charge in [-0.05, 0) is 43.1 Å². The van der Waals surface area contributed by atoms with Gasteiger partial charge in [-0.25, -0.2) is 0 Å². The summed E-state index contributed by atoms with van der Waals surface area (Å²) in [7, 11) is 0. The Morgan fingerprint density at radius 2 is 2.00 bits per heavy atom. The van der Waals surface area contributed by atoms with Gasteiger partial charge in [-0.2, -0.15) is 0 Å². The summed E-state index contributed by atoms with van der Waals surface area (Å²) in [5.74, 6) is -0.621. The lowest BCUT2D eigenvalue weighted by Crippen LogP contribution is -2.50. The van der Waals surface area contributed by atoms with Crippen LogP contribution in [0, 0.1) is 11.3 Å². The fourth-order valence-electron chi connectivity index (χ4n) is 4.30. The Morgan fingerprint density at radius 3 is 2.63 bits per heavy atom.